The molecular weight excluding hydrogens is 336 g/mol. The highest BCUT2D eigenvalue weighted by molar-refractivity contribution is 5.97. The second kappa shape index (κ2) is 9.91. The van der Waals surface area contributed by atoms with Crippen LogP contribution in [-0.4, -0.2) is 23.9 Å². The zero-order chi connectivity index (χ0) is 18.9. The Kier molecular flexibility index (Phi) is 7.03. The molecule has 1 aliphatic rings. The molecule has 0 radical (unpaired) electrons. The summed E-state index contributed by atoms with van der Waals surface area (Å²) in [6, 6.07) is 18.5. The van der Waals surface area contributed by atoms with Crippen molar-refractivity contribution >= 4 is 11.8 Å². The third kappa shape index (κ3) is 5.95. The first-order chi connectivity index (χ1) is 13.2. The van der Waals surface area contributed by atoms with Crippen LogP contribution in [0.15, 0.2) is 60.7 Å². The zero-order valence-electron chi connectivity index (χ0n) is 15.7. The fourth-order valence-corrected chi connectivity index (χ4v) is 3.62. The first-order valence-electron chi connectivity index (χ1n) is 9.92. The summed E-state index contributed by atoms with van der Waals surface area (Å²) in [6.07, 6.45) is 7.33. The largest absolute Gasteiger partial charge is 0.352 e. The van der Waals surface area contributed by atoms with E-state index in [-0.39, 0.29) is 17.9 Å². The molecule has 142 valence electrons. The molecule has 4 heteroatoms. The first kappa shape index (κ1) is 19.2. The third-order valence-corrected chi connectivity index (χ3v) is 5.14. The molecule has 27 heavy (non-hydrogen) atoms. The number of benzene rings is 2. The molecule has 0 saturated heterocycles. The summed E-state index contributed by atoms with van der Waals surface area (Å²) >= 11 is 0. The van der Waals surface area contributed by atoms with Crippen molar-refractivity contribution in [1.29, 1.82) is 0 Å². The van der Waals surface area contributed by atoms with E-state index >= 15 is 0 Å². The van der Waals surface area contributed by atoms with Crippen molar-refractivity contribution in [3.8, 4) is 0 Å². The van der Waals surface area contributed by atoms with Gasteiger partial charge in [0.15, 0.2) is 0 Å². The fourth-order valence-electron chi connectivity index (χ4n) is 3.62. The van der Waals surface area contributed by atoms with Gasteiger partial charge in [-0.2, -0.15) is 0 Å². The normalized spacial score (nSPS) is 16.1. The van der Waals surface area contributed by atoms with Crippen molar-refractivity contribution < 1.29 is 9.59 Å². The minimum Gasteiger partial charge on any atom is -0.352 e. The van der Waals surface area contributed by atoms with E-state index in [1.54, 1.807) is 12.1 Å². The molecule has 0 spiro atoms. The average Bonchev–Trinajstić information content (AvgIpc) is 2.97. The summed E-state index contributed by atoms with van der Waals surface area (Å²) in [5, 5.41) is 6.12. The number of carbonyl (C=O) groups excluding carboxylic acids is 2. The van der Waals surface area contributed by atoms with Gasteiger partial charge >= 0.3 is 0 Å². The topological polar surface area (TPSA) is 58.2 Å². The molecule has 0 unspecified atom stereocenters. The maximum absolute atomic E-state index is 13.0. The molecule has 0 aromatic heterocycles. The molecule has 1 atom stereocenters. The highest BCUT2D eigenvalue weighted by Crippen LogP contribution is 2.17. The highest BCUT2D eigenvalue weighted by atomic mass is 16.2. The van der Waals surface area contributed by atoms with Crippen LogP contribution in [0.25, 0.3) is 0 Å². The van der Waals surface area contributed by atoms with Crippen LogP contribution in [0.2, 0.25) is 0 Å². The number of hydrogen-bond donors (Lipinski definition) is 2. The van der Waals surface area contributed by atoms with Crippen LogP contribution in [0, 0.1) is 0 Å². The molecule has 0 heterocycles. The van der Waals surface area contributed by atoms with Gasteiger partial charge in [0.05, 0.1) is 0 Å². The van der Waals surface area contributed by atoms with Crippen LogP contribution in [0.3, 0.4) is 0 Å². The lowest BCUT2D eigenvalue weighted by Gasteiger charge is -2.23. The quantitative estimate of drug-likeness (QED) is 0.765. The minimum atomic E-state index is -0.580. The summed E-state index contributed by atoms with van der Waals surface area (Å²) in [6.45, 7) is 0. The number of rotatable bonds is 6. The Morgan fingerprint density at radius 1 is 0.852 bits per heavy atom. The second-order valence-corrected chi connectivity index (χ2v) is 7.28. The molecule has 0 aliphatic heterocycles. The Balaban J connectivity index is 1.70. The smallest absolute Gasteiger partial charge is 0.251 e. The molecule has 1 aliphatic carbocycles. The van der Waals surface area contributed by atoms with Gasteiger partial charge in [0.25, 0.3) is 5.91 Å². The Hall–Kier alpha value is -2.62. The van der Waals surface area contributed by atoms with Crippen molar-refractivity contribution in [1.82, 2.24) is 10.6 Å². The lowest BCUT2D eigenvalue weighted by molar-refractivity contribution is -0.123. The minimum absolute atomic E-state index is 0.0879. The Morgan fingerprint density at radius 3 is 2.07 bits per heavy atom. The predicted molar refractivity (Wildman–Crippen MR) is 107 cm³/mol. The average molecular weight is 364 g/mol. The van der Waals surface area contributed by atoms with E-state index in [1.807, 2.05) is 48.5 Å². The number of carbonyl (C=O) groups is 2. The van der Waals surface area contributed by atoms with Gasteiger partial charge in [-0.15, -0.1) is 0 Å². The molecule has 4 nitrogen and oxygen atoms in total. The molecule has 2 N–H and O–H groups in total. The van der Waals surface area contributed by atoms with Crippen molar-refractivity contribution in [2.75, 3.05) is 0 Å². The van der Waals surface area contributed by atoms with E-state index in [2.05, 4.69) is 10.6 Å². The Bertz CT molecular complexity index is 723. The van der Waals surface area contributed by atoms with Gasteiger partial charge < -0.3 is 10.6 Å². The van der Waals surface area contributed by atoms with Gasteiger partial charge in [0.1, 0.15) is 6.04 Å². The van der Waals surface area contributed by atoms with E-state index < -0.39 is 6.04 Å². The van der Waals surface area contributed by atoms with E-state index in [0.717, 1.165) is 31.2 Å². The van der Waals surface area contributed by atoms with Crippen molar-refractivity contribution in [3.05, 3.63) is 71.8 Å². The summed E-state index contributed by atoms with van der Waals surface area (Å²) in [7, 11) is 0. The van der Waals surface area contributed by atoms with Crippen molar-refractivity contribution in [2.45, 2.75) is 57.0 Å². The Morgan fingerprint density at radius 2 is 1.44 bits per heavy atom. The summed E-state index contributed by atoms with van der Waals surface area (Å²) in [5.41, 5.74) is 1.60. The van der Waals surface area contributed by atoms with Crippen LogP contribution >= 0.6 is 0 Å². The van der Waals surface area contributed by atoms with E-state index in [1.165, 1.54) is 12.8 Å². The van der Waals surface area contributed by atoms with Crippen molar-refractivity contribution in [2.24, 2.45) is 0 Å². The van der Waals surface area contributed by atoms with E-state index in [0.29, 0.717) is 12.0 Å². The Labute approximate surface area is 161 Å². The maximum atomic E-state index is 13.0. The van der Waals surface area contributed by atoms with Crippen LogP contribution in [0.1, 0.15) is 54.4 Å². The fraction of sp³-hybridized carbons (Fsp3) is 0.391. The zero-order valence-corrected chi connectivity index (χ0v) is 15.7. The molecular formula is C23H28N2O2. The molecule has 1 saturated carbocycles. The molecule has 2 aromatic rings. The van der Waals surface area contributed by atoms with Gasteiger partial charge in [-0.3, -0.25) is 9.59 Å². The van der Waals surface area contributed by atoms with Crippen molar-refractivity contribution in [3.63, 3.8) is 0 Å². The summed E-state index contributed by atoms with van der Waals surface area (Å²) in [4.78, 5) is 25.6. The van der Waals surface area contributed by atoms with Gasteiger partial charge in [-0.25, -0.2) is 0 Å². The van der Waals surface area contributed by atoms with E-state index in [4.69, 9.17) is 0 Å². The predicted octanol–water partition coefficient (Wildman–Crippen LogP) is 3.87. The van der Waals surface area contributed by atoms with Crippen LogP contribution in [0.4, 0.5) is 0 Å². The first-order valence-corrected chi connectivity index (χ1v) is 9.92. The molecule has 2 amide bonds. The van der Waals surface area contributed by atoms with Crippen LogP contribution < -0.4 is 10.6 Å². The lowest BCUT2D eigenvalue weighted by atomic mass is 10.0. The highest BCUT2D eigenvalue weighted by Gasteiger charge is 2.24. The number of amides is 2. The van der Waals surface area contributed by atoms with Gasteiger partial charge in [-0.1, -0.05) is 74.2 Å². The third-order valence-electron chi connectivity index (χ3n) is 5.14. The molecule has 0 bridgehead atoms. The monoisotopic (exact) mass is 364 g/mol. The van der Waals surface area contributed by atoms with Crippen LogP contribution in [0.5, 0.6) is 0 Å². The maximum Gasteiger partial charge on any atom is 0.251 e. The summed E-state index contributed by atoms with van der Waals surface area (Å²) < 4.78 is 0. The number of hydrogen-bond acceptors (Lipinski definition) is 2. The standard InChI is InChI=1S/C23H28N2O2/c26-22(19-13-7-4-8-14-19)25-21(17-18-11-5-3-6-12-18)23(27)24-20-15-9-1-2-10-16-20/h3-8,11-14,20-21H,1-2,9-10,15-17H2,(H,24,27)(H,25,26)/t21-/m0/s1. The number of nitrogens with one attached hydrogen (secondary N) is 2. The van der Waals surface area contributed by atoms with Gasteiger partial charge in [0.2, 0.25) is 5.91 Å². The summed E-state index contributed by atoms with van der Waals surface area (Å²) in [5.74, 6) is -0.303. The SMILES string of the molecule is O=C(N[C@@H](Cc1ccccc1)C(=O)NC1CCCCCC1)c1ccccc1. The molecule has 3 rings (SSSR count). The van der Waals surface area contributed by atoms with Crippen LogP contribution in [-0.2, 0) is 11.2 Å². The van der Waals surface area contributed by atoms with Gasteiger partial charge in [0, 0.05) is 18.0 Å². The molecule has 2 aromatic carbocycles. The van der Waals surface area contributed by atoms with E-state index in [9.17, 15) is 9.59 Å². The van der Waals surface area contributed by atoms with Gasteiger partial charge in [-0.05, 0) is 30.5 Å². The second-order valence-electron chi connectivity index (χ2n) is 7.28. The molecule has 1 fully saturated rings. The lowest BCUT2D eigenvalue weighted by Crippen LogP contribution is -2.50.